The molecule has 0 saturated heterocycles. The number of aromatic nitrogens is 1. The van der Waals surface area contributed by atoms with Crippen molar-refractivity contribution in [1.82, 2.24) is 4.98 Å². The zero-order valence-electron chi connectivity index (χ0n) is 12.1. The van der Waals surface area contributed by atoms with Crippen molar-refractivity contribution in [1.29, 1.82) is 0 Å². The smallest absolute Gasteiger partial charge is 0.224 e. The van der Waals surface area contributed by atoms with E-state index < -0.39 is 0 Å². The van der Waals surface area contributed by atoms with Gasteiger partial charge in [-0.15, -0.1) is 0 Å². The summed E-state index contributed by atoms with van der Waals surface area (Å²) in [5, 5.41) is 3.98. The Bertz CT molecular complexity index is 777. The third-order valence-electron chi connectivity index (χ3n) is 3.65. The van der Waals surface area contributed by atoms with Gasteiger partial charge in [-0.2, -0.15) is 0 Å². The van der Waals surface area contributed by atoms with E-state index in [4.69, 9.17) is 0 Å². The molecule has 0 spiro atoms. The third kappa shape index (κ3) is 3.34. The summed E-state index contributed by atoms with van der Waals surface area (Å²) in [7, 11) is 0. The van der Waals surface area contributed by atoms with Crippen molar-refractivity contribution in [3.8, 4) is 0 Å². The molecule has 0 radical (unpaired) electrons. The van der Waals surface area contributed by atoms with Gasteiger partial charge in [-0.05, 0) is 48.7 Å². The number of H-pyrrole nitrogens is 1. The molecule has 1 aromatic heterocycles. The molecular weight excluding hydrogens is 279 g/mol. The zero-order chi connectivity index (χ0) is 15.4. The lowest BCUT2D eigenvalue weighted by Gasteiger charge is -2.05. The lowest BCUT2D eigenvalue weighted by Crippen LogP contribution is -2.11. The lowest BCUT2D eigenvalue weighted by atomic mass is 10.1. The second-order valence-electron chi connectivity index (χ2n) is 5.27. The Labute approximate surface area is 128 Å². The Morgan fingerprint density at radius 3 is 2.68 bits per heavy atom. The summed E-state index contributed by atoms with van der Waals surface area (Å²) in [5.74, 6) is -0.358. The molecule has 4 heteroatoms. The minimum atomic E-state index is -0.308. The average Bonchev–Trinajstić information content (AvgIpc) is 2.93. The summed E-state index contributed by atoms with van der Waals surface area (Å²) < 4.78 is 12.8. The van der Waals surface area contributed by atoms with Gasteiger partial charge in [0.1, 0.15) is 5.82 Å². The molecule has 3 nitrogen and oxygen atoms in total. The first-order valence-electron chi connectivity index (χ1n) is 7.33. The monoisotopic (exact) mass is 296 g/mol. The second-order valence-corrected chi connectivity index (χ2v) is 5.27. The highest BCUT2D eigenvalue weighted by Gasteiger charge is 2.06. The van der Waals surface area contributed by atoms with E-state index in [1.807, 2.05) is 24.4 Å². The molecule has 0 aliphatic carbocycles. The van der Waals surface area contributed by atoms with Crippen LogP contribution in [0.3, 0.4) is 0 Å². The third-order valence-corrected chi connectivity index (χ3v) is 3.65. The molecule has 0 unspecified atom stereocenters. The van der Waals surface area contributed by atoms with Crippen molar-refractivity contribution in [2.24, 2.45) is 0 Å². The predicted octanol–water partition coefficient (Wildman–Crippen LogP) is 4.27. The number of rotatable bonds is 5. The quantitative estimate of drug-likeness (QED) is 0.725. The molecule has 3 aromatic rings. The molecule has 1 heterocycles. The summed E-state index contributed by atoms with van der Waals surface area (Å²) in [5.41, 5.74) is 2.97. The molecule has 2 aromatic carbocycles. The molecule has 0 saturated carbocycles. The Morgan fingerprint density at radius 1 is 1.09 bits per heavy atom. The van der Waals surface area contributed by atoms with Gasteiger partial charge in [-0.3, -0.25) is 4.79 Å². The lowest BCUT2D eigenvalue weighted by molar-refractivity contribution is -0.116. The molecule has 3 rings (SSSR count). The number of para-hydroxylation sites is 1. The number of fused-ring (bicyclic) bond motifs is 1. The fourth-order valence-electron chi connectivity index (χ4n) is 2.53. The molecular formula is C18H17FN2O. The fourth-order valence-corrected chi connectivity index (χ4v) is 2.53. The van der Waals surface area contributed by atoms with Crippen molar-refractivity contribution in [3.63, 3.8) is 0 Å². The number of aryl methyl sites for hydroxylation is 1. The maximum Gasteiger partial charge on any atom is 0.224 e. The molecule has 0 atom stereocenters. The van der Waals surface area contributed by atoms with Crippen molar-refractivity contribution < 1.29 is 9.18 Å². The first-order chi connectivity index (χ1) is 10.7. The van der Waals surface area contributed by atoms with E-state index in [2.05, 4.69) is 16.4 Å². The predicted molar refractivity (Wildman–Crippen MR) is 86.3 cm³/mol. The van der Waals surface area contributed by atoms with Crippen LogP contribution >= 0.6 is 0 Å². The number of benzene rings is 2. The molecule has 0 fully saturated rings. The van der Waals surface area contributed by atoms with Crippen molar-refractivity contribution in [3.05, 3.63) is 66.1 Å². The van der Waals surface area contributed by atoms with E-state index in [0.717, 1.165) is 18.4 Å². The number of carbonyl (C=O) groups excluding carboxylic acids is 1. The number of hydrogen-bond donors (Lipinski definition) is 2. The molecule has 1 amide bonds. The van der Waals surface area contributed by atoms with Gasteiger partial charge in [-0.25, -0.2) is 4.39 Å². The van der Waals surface area contributed by atoms with Crippen LogP contribution in [0.15, 0.2) is 54.7 Å². The summed E-state index contributed by atoms with van der Waals surface area (Å²) in [6.45, 7) is 0. The largest absolute Gasteiger partial charge is 0.361 e. The molecule has 2 N–H and O–H groups in total. The van der Waals surface area contributed by atoms with Crippen molar-refractivity contribution in [2.75, 3.05) is 5.32 Å². The molecule has 112 valence electrons. The number of halogens is 1. The minimum Gasteiger partial charge on any atom is -0.361 e. The van der Waals surface area contributed by atoms with E-state index in [-0.39, 0.29) is 11.7 Å². The second kappa shape index (κ2) is 6.43. The van der Waals surface area contributed by atoms with Crippen LogP contribution in [0, 0.1) is 5.82 Å². The minimum absolute atomic E-state index is 0.0496. The van der Waals surface area contributed by atoms with Gasteiger partial charge in [0, 0.05) is 29.2 Å². The number of carbonyl (C=O) groups is 1. The van der Waals surface area contributed by atoms with Crippen LogP contribution in [-0.2, 0) is 11.2 Å². The normalized spacial score (nSPS) is 10.8. The zero-order valence-corrected chi connectivity index (χ0v) is 12.1. The Balaban J connectivity index is 1.52. The molecule has 0 bridgehead atoms. The van der Waals surface area contributed by atoms with Gasteiger partial charge >= 0.3 is 0 Å². The Kier molecular flexibility index (Phi) is 4.19. The first kappa shape index (κ1) is 14.3. The summed E-state index contributed by atoms with van der Waals surface area (Å²) in [6.07, 6.45) is 4.06. The van der Waals surface area contributed by atoms with Crippen molar-refractivity contribution in [2.45, 2.75) is 19.3 Å². The van der Waals surface area contributed by atoms with Crippen LogP contribution < -0.4 is 5.32 Å². The topological polar surface area (TPSA) is 44.9 Å². The Morgan fingerprint density at radius 2 is 1.86 bits per heavy atom. The molecule has 0 aliphatic rings. The van der Waals surface area contributed by atoms with Crippen LogP contribution in [0.1, 0.15) is 18.4 Å². The molecule has 22 heavy (non-hydrogen) atoms. The maximum absolute atomic E-state index is 12.8. The van der Waals surface area contributed by atoms with Crippen LogP contribution in [-0.4, -0.2) is 10.9 Å². The fraction of sp³-hybridized carbons (Fsp3) is 0.167. The summed E-state index contributed by atoms with van der Waals surface area (Å²) in [6, 6.07) is 13.9. The van der Waals surface area contributed by atoms with Gasteiger partial charge in [0.15, 0.2) is 0 Å². The standard InChI is InChI=1S/C18H17FN2O/c19-14-8-10-15(11-9-14)21-18(22)7-3-4-13-12-20-17-6-2-1-5-16(13)17/h1-2,5-6,8-12,20H,3-4,7H2,(H,21,22). The van der Waals surface area contributed by atoms with E-state index in [0.29, 0.717) is 12.1 Å². The first-order valence-corrected chi connectivity index (χ1v) is 7.33. The van der Waals surface area contributed by atoms with Crippen LogP contribution in [0.25, 0.3) is 10.9 Å². The van der Waals surface area contributed by atoms with E-state index in [1.54, 1.807) is 12.1 Å². The number of anilines is 1. The van der Waals surface area contributed by atoms with Crippen LogP contribution in [0.5, 0.6) is 0 Å². The molecule has 0 aliphatic heterocycles. The van der Waals surface area contributed by atoms with E-state index >= 15 is 0 Å². The highest BCUT2D eigenvalue weighted by molar-refractivity contribution is 5.90. The van der Waals surface area contributed by atoms with Crippen LogP contribution in [0.4, 0.5) is 10.1 Å². The number of hydrogen-bond acceptors (Lipinski definition) is 1. The number of amides is 1. The number of nitrogens with one attached hydrogen (secondary N) is 2. The summed E-state index contributed by atoms with van der Waals surface area (Å²) >= 11 is 0. The average molecular weight is 296 g/mol. The SMILES string of the molecule is O=C(CCCc1c[nH]c2ccccc12)Nc1ccc(F)cc1. The Hall–Kier alpha value is -2.62. The highest BCUT2D eigenvalue weighted by Crippen LogP contribution is 2.19. The number of aromatic amines is 1. The van der Waals surface area contributed by atoms with Gasteiger partial charge in [0.05, 0.1) is 0 Å². The van der Waals surface area contributed by atoms with Gasteiger partial charge in [0.25, 0.3) is 0 Å². The summed E-state index contributed by atoms with van der Waals surface area (Å²) in [4.78, 5) is 15.1. The highest BCUT2D eigenvalue weighted by atomic mass is 19.1. The maximum atomic E-state index is 12.8. The van der Waals surface area contributed by atoms with Crippen molar-refractivity contribution >= 4 is 22.5 Å². The van der Waals surface area contributed by atoms with Gasteiger partial charge < -0.3 is 10.3 Å². The van der Waals surface area contributed by atoms with Crippen LogP contribution in [0.2, 0.25) is 0 Å². The van der Waals surface area contributed by atoms with Gasteiger partial charge in [0.2, 0.25) is 5.91 Å². The van der Waals surface area contributed by atoms with E-state index in [9.17, 15) is 9.18 Å². The van der Waals surface area contributed by atoms with E-state index in [1.165, 1.54) is 23.1 Å². The van der Waals surface area contributed by atoms with Gasteiger partial charge in [-0.1, -0.05) is 18.2 Å².